The molecule has 1 amide bonds. The van der Waals surface area contributed by atoms with Gasteiger partial charge >= 0.3 is 0 Å². The maximum absolute atomic E-state index is 11.8. The van der Waals surface area contributed by atoms with Crippen molar-refractivity contribution < 1.29 is 4.79 Å². The molecule has 6 heteroatoms. The SMILES string of the molecule is CCC(Sc1nnc(-c2ccc(C(C)(C)C)cc2)n1Cc1ccccc1)C(N)=O. The Kier molecular flexibility index (Phi) is 6.42. The van der Waals surface area contributed by atoms with Crippen molar-refractivity contribution in [1.29, 1.82) is 0 Å². The number of aromatic nitrogens is 3. The quantitative estimate of drug-likeness (QED) is 0.578. The summed E-state index contributed by atoms with van der Waals surface area (Å²) in [4.78, 5) is 11.8. The fourth-order valence-corrected chi connectivity index (χ4v) is 3.99. The van der Waals surface area contributed by atoms with Crippen LogP contribution in [0.15, 0.2) is 59.8 Å². The monoisotopic (exact) mass is 408 g/mol. The minimum absolute atomic E-state index is 0.0904. The second-order valence-corrected chi connectivity index (χ2v) is 9.29. The molecule has 0 aliphatic carbocycles. The normalized spacial score (nSPS) is 12.7. The van der Waals surface area contributed by atoms with Gasteiger partial charge < -0.3 is 5.73 Å². The van der Waals surface area contributed by atoms with Crippen molar-refractivity contribution in [2.45, 2.75) is 56.5 Å². The Morgan fingerprint density at radius 2 is 1.72 bits per heavy atom. The van der Waals surface area contributed by atoms with Gasteiger partial charge in [-0.3, -0.25) is 9.36 Å². The van der Waals surface area contributed by atoms with Crippen LogP contribution < -0.4 is 5.73 Å². The number of amides is 1. The fraction of sp³-hybridized carbons (Fsp3) is 0.348. The first-order chi connectivity index (χ1) is 13.8. The number of nitrogens with zero attached hydrogens (tertiary/aromatic N) is 3. The van der Waals surface area contributed by atoms with Gasteiger partial charge in [-0.05, 0) is 23.0 Å². The van der Waals surface area contributed by atoms with E-state index in [1.165, 1.54) is 17.3 Å². The third-order valence-electron chi connectivity index (χ3n) is 4.85. The fourth-order valence-electron chi connectivity index (χ4n) is 3.09. The van der Waals surface area contributed by atoms with Crippen LogP contribution in [0.3, 0.4) is 0 Å². The van der Waals surface area contributed by atoms with Crippen molar-refractivity contribution in [3.8, 4) is 11.4 Å². The second-order valence-electron chi connectivity index (χ2n) is 8.12. The summed E-state index contributed by atoms with van der Waals surface area (Å²) in [6, 6.07) is 18.6. The summed E-state index contributed by atoms with van der Waals surface area (Å²) >= 11 is 1.38. The molecule has 0 aliphatic heterocycles. The molecule has 152 valence electrons. The predicted octanol–water partition coefficient (Wildman–Crippen LogP) is 4.65. The van der Waals surface area contributed by atoms with Crippen LogP contribution in [0, 0.1) is 0 Å². The zero-order valence-corrected chi connectivity index (χ0v) is 18.2. The largest absolute Gasteiger partial charge is 0.369 e. The molecule has 1 heterocycles. The summed E-state index contributed by atoms with van der Waals surface area (Å²) < 4.78 is 2.07. The van der Waals surface area contributed by atoms with Gasteiger partial charge in [-0.2, -0.15) is 0 Å². The lowest BCUT2D eigenvalue weighted by atomic mass is 9.87. The molecule has 1 unspecified atom stereocenters. The second kappa shape index (κ2) is 8.82. The molecule has 0 saturated heterocycles. The van der Waals surface area contributed by atoms with Crippen LogP contribution >= 0.6 is 11.8 Å². The Hall–Kier alpha value is -2.60. The number of primary amides is 1. The van der Waals surface area contributed by atoms with Crippen molar-refractivity contribution >= 4 is 17.7 Å². The Balaban J connectivity index is 2.01. The molecule has 0 aliphatic rings. The Morgan fingerprint density at radius 1 is 1.07 bits per heavy atom. The molecule has 5 nitrogen and oxygen atoms in total. The van der Waals surface area contributed by atoms with Crippen molar-refractivity contribution in [1.82, 2.24) is 14.8 Å². The highest BCUT2D eigenvalue weighted by molar-refractivity contribution is 8.00. The molecule has 0 fully saturated rings. The van der Waals surface area contributed by atoms with Gasteiger partial charge in [-0.25, -0.2) is 0 Å². The van der Waals surface area contributed by atoms with Crippen molar-refractivity contribution in [2.75, 3.05) is 0 Å². The molecule has 1 atom stereocenters. The average Bonchev–Trinajstić information content (AvgIpc) is 3.08. The number of hydrogen-bond donors (Lipinski definition) is 1. The smallest absolute Gasteiger partial charge is 0.231 e. The van der Waals surface area contributed by atoms with E-state index >= 15 is 0 Å². The highest BCUT2D eigenvalue weighted by Crippen LogP contribution is 2.30. The predicted molar refractivity (Wildman–Crippen MR) is 119 cm³/mol. The van der Waals surface area contributed by atoms with E-state index in [0.717, 1.165) is 17.0 Å². The molecule has 2 N–H and O–H groups in total. The standard InChI is InChI=1S/C23H28N4OS/c1-5-19(20(24)28)29-22-26-25-21(27(22)15-16-9-7-6-8-10-16)17-11-13-18(14-12-17)23(2,3)4/h6-14,19H,5,15H2,1-4H3,(H2,24,28). The van der Waals surface area contributed by atoms with Crippen LogP contribution in [0.4, 0.5) is 0 Å². The van der Waals surface area contributed by atoms with E-state index in [1.807, 2.05) is 25.1 Å². The third-order valence-corrected chi connectivity index (χ3v) is 6.21. The highest BCUT2D eigenvalue weighted by Gasteiger charge is 2.22. The number of benzene rings is 2. The lowest BCUT2D eigenvalue weighted by molar-refractivity contribution is -0.117. The van der Waals surface area contributed by atoms with Crippen LogP contribution in [0.2, 0.25) is 0 Å². The van der Waals surface area contributed by atoms with Gasteiger partial charge in [-0.15, -0.1) is 10.2 Å². The maximum Gasteiger partial charge on any atom is 0.231 e. The number of thioether (sulfide) groups is 1. The topological polar surface area (TPSA) is 73.8 Å². The molecule has 1 aromatic heterocycles. The van der Waals surface area contributed by atoms with E-state index in [4.69, 9.17) is 5.73 Å². The van der Waals surface area contributed by atoms with E-state index in [9.17, 15) is 4.79 Å². The number of carbonyl (C=O) groups excluding carboxylic acids is 1. The molecular weight excluding hydrogens is 380 g/mol. The molecule has 3 rings (SSSR count). The van der Waals surface area contributed by atoms with E-state index in [2.05, 4.69) is 71.9 Å². The van der Waals surface area contributed by atoms with E-state index < -0.39 is 0 Å². The number of hydrogen-bond acceptors (Lipinski definition) is 4. The summed E-state index contributed by atoms with van der Waals surface area (Å²) in [5.74, 6) is 0.457. The van der Waals surface area contributed by atoms with E-state index in [0.29, 0.717) is 18.1 Å². The minimum atomic E-state index is -0.331. The van der Waals surface area contributed by atoms with Gasteiger partial charge in [-0.1, -0.05) is 94.1 Å². The number of carbonyl (C=O) groups is 1. The van der Waals surface area contributed by atoms with Gasteiger partial charge in [0.25, 0.3) is 0 Å². The van der Waals surface area contributed by atoms with Crippen molar-refractivity contribution in [2.24, 2.45) is 5.73 Å². The summed E-state index contributed by atoms with van der Waals surface area (Å²) in [5.41, 5.74) is 9.06. The van der Waals surface area contributed by atoms with Crippen LogP contribution in [-0.2, 0) is 16.8 Å². The molecule has 0 bridgehead atoms. The van der Waals surface area contributed by atoms with Gasteiger partial charge in [0, 0.05) is 5.56 Å². The van der Waals surface area contributed by atoms with Crippen molar-refractivity contribution in [3.63, 3.8) is 0 Å². The van der Waals surface area contributed by atoms with Crippen molar-refractivity contribution in [3.05, 3.63) is 65.7 Å². The molecule has 0 saturated carbocycles. The van der Waals surface area contributed by atoms with E-state index in [1.54, 1.807) is 0 Å². The minimum Gasteiger partial charge on any atom is -0.369 e. The third kappa shape index (κ3) is 5.07. The van der Waals surface area contributed by atoms with Gasteiger partial charge in [0.15, 0.2) is 11.0 Å². The van der Waals surface area contributed by atoms with Crippen LogP contribution in [0.25, 0.3) is 11.4 Å². The average molecular weight is 409 g/mol. The molecular formula is C23H28N4OS. The van der Waals surface area contributed by atoms with Crippen LogP contribution in [-0.4, -0.2) is 25.9 Å². The molecule has 0 spiro atoms. The Bertz CT molecular complexity index is 959. The van der Waals surface area contributed by atoms with E-state index in [-0.39, 0.29) is 16.6 Å². The molecule has 0 radical (unpaired) electrons. The zero-order valence-electron chi connectivity index (χ0n) is 17.4. The Labute approximate surface area is 176 Å². The first kappa shape index (κ1) is 21.1. The summed E-state index contributed by atoms with van der Waals surface area (Å²) in [7, 11) is 0. The van der Waals surface area contributed by atoms with Crippen LogP contribution in [0.5, 0.6) is 0 Å². The first-order valence-corrected chi connectivity index (χ1v) is 10.7. The zero-order chi connectivity index (χ0) is 21.0. The lowest BCUT2D eigenvalue weighted by Crippen LogP contribution is -2.25. The lowest BCUT2D eigenvalue weighted by Gasteiger charge is -2.19. The van der Waals surface area contributed by atoms with Gasteiger partial charge in [0.1, 0.15) is 0 Å². The molecule has 29 heavy (non-hydrogen) atoms. The summed E-state index contributed by atoms with van der Waals surface area (Å²) in [6.07, 6.45) is 0.647. The molecule has 2 aromatic carbocycles. The first-order valence-electron chi connectivity index (χ1n) is 9.83. The number of rotatable bonds is 7. The van der Waals surface area contributed by atoms with Gasteiger partial charge in [0.05, 0.1) is 11.8 Å². The highest BCUT2D eigenvalue weighted by atomic mass is 32.2. The maximum atomic E-state index is 11.8. The summed E-state index contributed by atoms with van der Waals surface area (Å²) in [6.45, 7) is 9.17. The van der Waals surface area contributed by atoms with Gasteiger partial charge in [0.2, 0.25) is 5.91 Å². The number of nitrogens with two attached hydrogens (primary N) is 1. The Morgan fingerprint density at radius 3 is 2.28 bits per heavy atom. The molecule has 3 aromatic rings. The summed E-state index contributed by atoms with van der Waals surface area (Å²) in [5, 5.41) is 9.23. The van der Waals surface area contributed by atoms with Crippen LogP contribution in [0.1, 0.15) is 45.2 Å².